The highest BCUT2D eigenvalue weighted by atomic mass is 32.2. The minimum absolute atomic E-state index is 0.0507. The summed E-state index contributed by atoms with van der Waals surface area (Å²) < 4.78 is 28.7. The summed E-state index contributed by atoms with van der Waals surface area (Å²) in [7, 11) is -3.50. The zero-order valence-corrected chi connectivity index (χ0v) is 12.5. The van der Waals surface area contributed by atoms with Gasteiger partial charge in [-0.1, -0.05) is 20.3 Å². The summed E-state index contributed by atoms with van der Waals surface area (Å²) in [6.07, 6.45) is 2.93. The van der Waals surface area contributed by atoms with E-state index < -0.39 is 10.2 Å². The van der Waals surface area contributed by atoms with Crippen LogP contribution in [0, 0.1) is 0 Å². The Balaban J connectivity index is 2.11. The van der Waals surface area contributed by atoms with Crippen LogP contribution in [0.15, 0.2) is 6.07 Å². The van der Waals surface area contributed by atoms with Gasteiger partial charge in [-0.05, 0) is 25.7 Å². The number of hydrogen-bond donors (Lipinski definition) is 2. The van der Waals surface area contributed by atoms with Gasteiger partial charge in [0.05, 0.1) is 0 Å². The van der Waals surface area contributed by atoms with Crippen LogP contribution in [0.3, 0.4) is 0 Å². The van der Waals surface area contributed by atoms with Crippen molar-refractivity contribution in [2.45, 2.75) is 52.0 Å². The summed E-state index contributed by atoms with van der Waals surface area (Å²) in [6.45, 7) is 6.58. The van der Waals surface area contributed by atoms with Crippen molar-refractivity contribution in [2.24, 2.45) is 0 Å². The molecule has 0 saturated carbocycles. The van der Waals surface area contributed by atoms with Gasteiger partial charge < -0.3 is 0 Å². The van der Waals surface area contributed by atoms with Gasteiger partial charge in [-0.25, -0.2) is 0 Å². The molecule has 6 nitrogen and oxygen atoms in total. The molecule has 1 saturated heterocycles. The molecule has 1 aliphatic rings. The molecule has 1 fully saturated rings. The maximum atomic E-state index is 12.3. The molecule has 1 aliphatic heterocycles. The van der Waals surface area contributed by atoms with Crippen LogP contribution in [0.4, 0.5) is 5.82 Å². The van der Waals surface area contributed by atoms with Crippen molar-refractivity contribution in [3.05, 3.63) is 11.8 Å². The predicted molar refractivity (Wildman–Crippen MR) is 75.2 cm³/mol. The Kier molecular flexibility index (Phi) is 4.15. The molecule has 0 spiro atoms. The Hall–Kier alpha value is -1.08. The molecule has 2 N–H and O–H groups in total. The van der Waals surface area contributed by atoms with Crippen LogP contribution in [-0.2, 0) is 10.2 Å². The number of aromatic nitrogens is 2. The average Bonchev–Trinajstić information content (AvgIpc) is 2.77. The lowest BCUT2D eigenvalue weighted by Gasteiger charge is -2.31. The second kappa shape index (κ2) is 5.50. The summed E-state index contributed by atoms with van der Waals surface area (Å²) in [5.74, 6) is 0.654. The van der Waals surface area contributed by atoms with E-state index in [1.807, 2.05) is 20.8 Å². The zero-order valence-electron chi connectivity index (χ0n) is 11.7. The van der Waals surface area contributed by atoms with Crippen LogP contribution in [0.5, 0.6) is 0 Å². The van der Waals surface area contributed by atoms with E-state index in [0.29, 0.717) is 18.3 Å². The number of piperidine rings is 1. The first kappa shape index (κ1) is 14.3. The molecular weight excluding hydrogens is 264 g/mol. The lowest BCUT2D eigenvalue weighted by molar-refractivity contribution is 0.270. The molecule has 0 bridgehead atoms. The summed E-state index contributed by atoms with van der Waals surface area (Å²) >= 11 is 0. The third-order valence-corrected chi connectivity index (χ3v) is 5.13. The van der Waals surface area contributed by atoms with Crippen LogP contribution in [-0.4, -0.2) is 35.5 Å². The molecule has 19 heavy (non-hydrogen) atoms. The molecule has 0 aromatic carbocycles. The maximum absolute atomic E-state index is 12.3. The molecule has 1 aromatic heterocycles. The van der Waals surface area contributed by atoms with E-state index in [4.69, 9.17) is 0 Å². The van der Waals surface area contributed by atoms with E-state index in [-0.39, 0.29) is 6.04 Å². The molecule has 0 amide bonds. The van der Waals surface area contributed by atoms with Gasteiger partial charge >= 0.3 is 10.2 Å². The number of anilines is 1. The van der Waals surface area contributed by atoms with Gasteiger partial charge in [0.1, 0.15) is 0 Å². The summed E-state index contributed by atoms with van der Waals surface area (Å²) in [5, 5.41) is 6.85. The number of nitrogens with zero attached hydrogens (tertiary/aromatic N) is 2. The minimum Gasteiger partial charge on any atom is -0.280 e. The van der Waals surface area contributed by atoms with Crippen molar-refractivity contribution < 1.29 is 8.42 Å². The Bertz CT molecular complexity index is 524. The van der Waals surface area contributed by atoms with Gasteiger partial charge in [-0.2, -0.15) is 17.8 Å². The molecule has 7 heteroatoms. The SMILES string of the molecule is CC(C)c1cc(NS(=O)(=O)N2CCCCC2C)n[nH]1. The van der Waals surface area contributed by atoms with Gasteiger partial charge in [-0.3, -0.25) is 9.82 Å². The van der Waals surface area contributed by atoms with Crippen molar-refractivity contribution in [2.75, 3.05) is 11.3 Å². The third-order valence-electron chi connectivity index (χ3n) is 3.50. The fourth-order valence-corrected chi connectivity index (χ4v) is 3.74. The van der Waals surface area contributed by atoms with Crippen molar-refractivity contribution in [1.29, 1.82) is 0 Å². The highest BCUT2D eigenvalue weighted by Crippen LogP contribution is 2.22. The Morgan fingerprint density at radius 2 is 2.21 bits per heavy atom. The number of hydrogen-bond acceptors (Lipinski definition) is 3. The van der Waals surface area contributed by atoms with Gasteiger partial charge in [0.15, 0.2) is 5.82 Å². The smallest absolute Gasteiger partial charge is 0.280 e. The third kappa shape index (κ3) is 3.27. The Morgan fingerprint density at radius 1 is 1.47 bits per heavy atom. The first-order valence-electron chi connectivity index (χ1n) is 6.75. The molecule has 2 heterocycles. The van der Waals surface area contributed by atoms with Gasteiger partial charge in [0.2, 0.25) is 0 Å². The fourth-order valence-electron chi connectivity index (χ4n) is 2.30. The number of H-pyrrole nitrogens is 1. The van der Waals surface area contributed by atoms with Gasteiger partial charge in [0.25, 0.3) is 0 Å². The van der Waals surface area contributed by atoms with E-state index >= 15 is 0 Å². The average molecular weight is 286 g/mol. The number of aromatic amines is 1. The topological polar surface area (TPSA) is 78.1 Å². The van der Waals surface area contributed by atoms with Crippen molar-refractivity contribution in [3.63, 3.8) is 0 Å². The van der Waals surface area contributed by atoms with Crippen LogP contribution in [0.25, 0.3) is 0 Å². The van der Waals surface area contributed by atoms with Gasteiger partial charge in [-0.15, -0.1) is 0 Å². The van der Waals surface area contributed by atoms with E-state index in [9.17, 15) is 8.42 Å². The van der Waals surface area contributed by atoms with Crippen molar-refractivity contribution in [3.8, 4) is 0 Å². The quantitative estimate of drug-likeness (QED) is 0.889. The van der Waals surface area contributed by atoms with Crippen molar-refractivity contribution in [1.82, 2.24) is 14.5 Å². The first-order valence-corrected chi connectivity index (χ1v) is 8.19. The lowest BCUT2D eigenvalue weighted by Crippen LogP contribution is -2.44. The predicted octanol–water partition coefficient (Wildman–Crippen LogP) is 2.06. The summed E-state index contributed by atoms with van der Waals surface area (Å²) in [5.41, 5.74) is 0.921. The normalized spacial score (nSPS) is 21.8. The largest absolute Gasteiger partial charge is 0.303 e. The molecule has 1 unspecified atom stereocenters. The molecule has 2 rings (SSSR count). The van der Waals surface area contributed by atoms with Gasteiger partial charge in [0, 0.05) is 24.3 Å². The Labute approximate surface area is 114 Å². The van der Waals surface area contributed by atoms with E-state index in [2.05, 4.69) is 14.9 Å². The summed E-state index contributed by atoms with van der Waals surface area (Å²) in [6, 6.07) is 1.80. The monoisotopic (exact) mass is 286 g/mol. The summed E-state index contributed by atoms with van der Waals surface area (Å²) in [4.78, 5) is 0. The van der Waals surface area contributed by atoms with Crippen LogP contribution in [0.1, 0.15) is 51.6 Å². The van der Waals surface area contributed by atoms with E-state index in [1.54, 1.807) is 6.07 Å². The van der Waals surface area contributed by atoms with Crippen molar-refractivity contribution >= 4 is 16.0 Å². The van der Waals surface area contributed by atoms with Crippen LogP contribution < -0.4 is 4.72 Å². The first-order chi connectivity index (χ1) is 8.90. The molecular formula is C12H22N4O2S. The number of nitrogens with one attached hydrogen (secondary N) is 2. The second-order valence-electron chi connectivity index (χ2n) is 5.43. The highest BCUT2D eigenvalue weighted by Gasteiger charge is 2.29. The van der Waals surface area contributed by atoms with E-state index in [0.717, 1.165) is 25.0 Å². The minimum atomic E-state index is -3.50. The molecule has 0 radical (unpaired) electrons. The lowest BCUT2D eigenvalue weighted by atomic mass is 10.1. The maximum Gasteiger partial charge on any atom is 0.303 e. The number of rotatable bonds is 4. The molecule has 108 valence electrons. The zero-order chi connectivity index (χ0) is 14.0. The molecule has 1 atom stereocenters. The highest BCUT2D eigenvalue weighted by molar-refractivity contribution is 7.90. The second-order valence-corrected chi connectivity index (χ2v) is 7.05. The standard InChI is InChI=1S/C12H22N4O2S/c1-9(2)11-8-12(14-13-11)15-19(17,18)16-7-5-4-6-10(16)3/h8-10H,4-7H2,1-3H3,(H2,13,14,15). The molecule has 0 aliphatic carbocycles. The van der Waals surface area contributed by atoms with E-state index in [1.165, 1.54) is 4.31 Å². The van der Waals surface area contributed by atoms with Crippen LogP contribution in [0.2, 0.25) is 0 Å². The molecule has 1 aromatic rings. The Morgan fingerprint density at radius 3 is 2.79 bits per heavy atom. The fraction of sp³-hybridized carbons (Fsp3) is 0.750. The van der Waals surface area contributed by atoms with Crippen LogP contribution >= 0.6 is 0 Å².